The van der Waals surface area contributed by atoms with E-state index in [1.165, 1.54) is 26.2 Å². The zero-order chi connectivity index (χ0) is 26.4. The van der Waals surface area contributed by atoms with Crippen molar-refractivity contribution in [3.05, 3.63) is 46.6 Å². The first-order valence-electron chi connectivity index (χ1n) is 12.3. The molecular formula is C25H29N4O7P. The fourth-order valence-corrected chi connectivity index (χ4v) is 6.93. The first-order chi connectivity index (χ1) is 17.5. The predicted octanol–water partition coefficient (Wildman–Crippen LogP) is 4.63. The van der Waals surface area contributed by atoms with Crippen LogP contribution < -0.4 is 5.32 Å². The largest absolute Gasteiger partial charge is 0.505 e. The highest BCUT2D eigenvalue weighted by atomic mass is 31.2. The third-order valence-corrected chi connectivity index (χ3v) is 8.21. The van der Waals surface area contributed by atoms with E-state index in [0.717, 1.165) is 19.3 Å². The number of hydrogen-bond donors (Lipinski definition) is 4. The summed E-state index contributed by atoms with van der Waals surface area (Å²) < 4.78 is 15.7. The van der Waals surface area contributed by atoms with Gasteiger partial charge in [0, 0.05) is 16.7 Å². The number of carbonyl (C=O) groups excluding carboxylic acids is 2. The summed E-state index contributed by atoms with van der Waals surface area (Å²) in [7, 11) is -4.87. The van der Waals surface area contributed by atoms with E-state index in [-0.39, 0.29) is 34.1 Å². The maximum absolute atomic E-state index is 13.2. The summed E-state index contributed by atoms with van der Waals surface area (Å²) in [5.41, 5.74) is 0.371. The van der Waals surface area contributed by atoms with Gasteiger partial charge in [0.2, 0.25) is 0 Å². The van der Waals surface area contributed by atoms with Gasteiger partial charge >= 0.3 is 7.82 Å². The number of benzene rings is 1. The van der Waals surface area contributed by atoms with Gasteiger partial charge in [0.25, 0.3) is 5.91 Å². The molecule has 0 atom stereocenters. The molecule has 1 aromatic carbocycles. The minimum Gasteiger partial charge on any atom is -0.505 e. The van der Waals surface area contributed by atoms with Gasteiger partial charge in [-0.15, -0.1) is 10.2 Å². The zero-order valence-corrected chi connectivity index (χ0v) is 21.2. The van der Waals surface area contributed by atoms with Crippen LogP contribution >= 0.6 is 7.82 Å². The number of azo groups is 1. The second-order valence-electron chi connectivity index (χ2n) is 10.5. The minimum atomic E-state index is -4.87. The topological polar surface area (TPSA) is 171 Å². The maximum Gasteiger partial charge on any atom is 0.469 e. The van der Waals surface area contributed by atoms with Crippen molar-refractivity contribution in [2.75, 3.05) is 0 Å². The van der Waals surface area contributed by atoms with E-state index in [2.05, 4.69) is 25.1 Å². The molecule has 37 heavy (non-hydrogen) atoms. The number of hydrogen-bond acceptors (Lipinski definition) is 8. The van der Waals surface area contributed by atoms with E-state index >= 15 is 0 Å². The molecule has 0 aliphatic heterocycles. The Morgan fingerprint density at radius 1 is 1.19 bits per heavy atom. The SMILES string of the molecule is Cc1nc(N=Nc2cccc(C(=O)NC34CC5CC(CC(C5)C3)C4)c2)c(COP(=O)(O)O)c(C=O)c1O. The highest BCUT2D eigenvalue weighted by molar-refractivity contribution is 7.46. The summed E-state index contributed by atoms with van der Waals surface area (Å²) in [6, 6.07) is 6.64. The minimum absolute atomic E-state index is 0.0830. The Bertz CT molecular complexity index is 1290. The number of carbonyl (C=O) groups is 2. The lowest BCUT2D eigenvalue weighted by atomic mass is 9.53. The predicted molar refractivity (Wildman–Crippen MR) is 132 cm³/mol. The fourth-order valence-electron chi connectivity index (χ4n) is 6.63. The number of rotatable bonds is 8. The van der Waals surface area contributed by atoms with Gasteiger partial charge < -0.3 is 20.2 Å². The van der Waals surface area contributed by atoms with Crippen LogP contribution in [-0.4, -0.2) is 37.6 Å². The molecule has 12 heteroatoms. The van der Waals surface area contributed by atoms with Crippen molar-refractivity contribution in [2.45, 2.75) is 57.6 Å². The van der Waals surface area contributed by atoms with E-state index in [1.807, 2.05) is 0 Å². The first kappa shape index (κ1) is 25.7. The lowest BCUT2D eigenvalue weighted by molar-refractivity contribution is -0.0167. The van der Waals surface area contributed by atoms with E-state index in [1.54, 1.807) is 24.3 Å². The van der Waals surface area contributed by atoms with Gasteiger partial charge in [0.1, 0.15) is 5.75 Å². The van der Waals surface area contributed by atoms with Crippen LogP contribution in [0.1, 0.15) is 70.5 Å². The van der Waals surface area contributed by atoms with Gasteiger partial charge in [-0.05, 0) is 81.4 Å². The van der Waals surface area contributed by atoms with Crippen LogP contribution in [0, 0.1) is 24.7 Å². The van der Waals surface area contributed by atoms with E-state index in [9.17, 15) is 19.3 Å². The van der Waals surface area contributed by atoms with Crippen LogP contribution in [0.2, 0.25) is 0 Å². The van der Waals surface area contributed by atoms with Crippen molar-refractivity contribution in [2.24, 2.45) is 28.0 Å². The van der Waals surface area contributed by atoms with Gasteiger partial charge in [-0.3, -0.25) is 14.1 Å². The molecule has 0 radical (unpaired) electrons. The summed E-state index contributed by atoms with van der Waals surface area (Å²) in [6.45, 7) is 0.728. The summed E-state index contributed by atoms with van der Waals surface area (Å²) in [5.74, 6) is 1.36. The lowest BCUT2D eigenvalue weighted by Crippen LogP contribution is -2.59. The Hall–Kier alpha value is -2.98. The Balaban J connectivity index is 1.37. The van der Waals surface area contributed by atoms with Crippen LogP contribution in [-0.2, 0) is 15.7 Å². The molecule has 0 unspecified atom stereocenters. The van der Waals surface area contributed by atoms with Crippen LogP contribution in [0.15, 0.2) is 34.5 Å². The molecule has 4 bridgehead atoms. The van der Waals surface area contributed by atoms with E-state index in [0.29, 0.717) is 35.3 Å². The average Bonchev–Trinajstić information content (AvgIpc) is 2.82. The molecule has 0 spiro atoms. The standard InChI is InChI=1S/C25H29N4O7P/c1-14-22(31)20(12-30)21(13-36-37(33,34)35)23(26-14)29-28-19-4-2-3-18(8-19)24(32)27-25-9-15-5-16(10-25)7-17(6-15)11-25/h2-4,8,12,15-17,31H,5-7,9-11,13H2,1H3,(H,27,32)(H2,33,34,35). The van der Waals surface area contributed by atoms with Crippen molar-refractivity contribution in [1.82, 2.24) is 10.3 Å². The smallest absolute Gasteiger partial charge is 0.469 e. The highest BCUT2D eigenvalue weighted by Gasteiger charge is 2.51. The van der Waals surface area contributed by atoms with Crippen molar-refractivity contribution >= 4 is 31.5 Å². The van der Waals surface area contributed by atoms with Gasteiger partial charge in [0.15, 0.2) is 12.1 Å². The first-order valence-corrected chi connectivity index (χ1v) is 13.8. The van der Waals surface area contributed by atoms with Crippen LogP contribution in [0.3, 0.4) is 0 Å². The number of phosphoric acid groups is 1. The van der Waals surface area contributed by atoms with Gasteiger partial charge in [0.05, 0.1) is 23.6 Å². The molecule has 1 amide bonds. The fraction of sp³-hybridized carbons (Fsp3) is 0.480. The van der Waals surface area contributed by atoms with Crippen molar-refractivity contribution in [3.8, 4) is 5.75 Å². The number of nitrogens with zero attached hydrogens (tertiary/aromatic N) is 3. The number of nitrogens with one attached hydrogen (secondary N) is 1. The van der Waals surface area contributed by atoms with E-state index < -0.39 is 20.2 Å². The van der Waals surface area contributed by atoms with E-state index in [4.69, 9.17) is 9.79 Å². The van der Waals surface area contributed by atoms with Gasteiger partial charge in [-0.25, -0.2) is 9.55 Å². The third-order valence-electron chi connectivity index (χ3n) is 7.75. The molecule has 4 aliphatic rings. The summed E-state index contributed by atoms with van der Waals surface area (Å²) in [6.07, 6.45) is 7.28. The number of aromatic nitrogens is 1. The Morgan fingerprint density at radius 3 is 2.43 bits per heavy atom. The summed E-state index contributed by atoms with van der Waals surface area (Å²) >= 11 is 0. The molecule has 196 valence electrons. The lowest BCUT2D eigenvalue weighted by Gasteiger charge is -2.56. The average molecular weight is 529 g/mol. The number of pyridine rings is 1. The molecule has 1 aromatic heterocycles. The zero-order valence-electron chi connectivity index (χ0n) is 20.3. The van der Waals surface area contributed by atoms with Crippen molar-refractivity contribution in [1.29, 1.82) is 0 Å². The monoisotopic (exact) mass is 528 g/mol. The van der Waals surface area contributed by atoms with Crippen molar-refractivity contribution < 1.29 is 33.6 Å². The summed E-state index contributed by atoms with van der Waals surface area (Å²) in [4.78, 5) is 47.0. The molecule has 0 saturated heterocycles. The molecule has 4 fully saturated rings. The van der Waals surface area contributed by atoms with Gasteiger partial charge in [-0.2, -0.15) is 0 Å². The van der Waals surface area contributed by atoms with Gasteiger partial charge in [-0.1, -0.05) is 6.07 Å². The second kappa shape index (κ2) is 9.72. The maximum atomic E-state index is 13.2. The summed E-state index contributed by atoms with van der Waals surface area (Å²) in [5, 5.41) is 21.7. The number of aldehydes is 1. The molecule has 1 heterocycles. The molecule has 6 rings (SSSR count). The van der Waals surface area contributed by atoms with Crippen LogP contribution in [0.5, 0.6) is 5.75 Å². The number of aromatic hydroxyl groups is 1. The Labute approximate surface area is 213 Å². The highest BCUT2D eigenvalue weighted by Crippen LogP contribution is 2.55. The Kier molecular flexibility index (Phi) is 6.74. The third kappa shape index (κ3) is 5.50. The van der Waals surface area contributed by atoms with Crippen LogP contribution in [0.25, 0.3) is 0 Å². The number of phosphoric ester groups is 1. The second-order valence-corrected chi connectivity index (χ2v) is 11.8. The Morgan fingerprint density at radius 2 is 1.84 bits per heavy atom. The molecule has 11 nitrogen and oxygen atoms in total. The van der Waals surface area contributed by atoms with Crippen molar-refractivity contribution in [3.63, 3.8) is 0 Å². The van der Waals surface area contributed by atoms with Crippen LogP contribution in [0.4, 0.5) is 11.5 Å². The molecule has 4 aliphatic carbocycles. The molecule has 4 N–H and O–H groups in total. The number of aryl methyl sites for hydroxylation is 1. The number of amides is 1. The molecule has 4 saturated carbocycles. The normalized spacial score (nSPS) is 26.5. The molecule has 2 aromatic rings. The molecular weight excluding hydrogens is 499 g/mol. The quantitative estimate of drug-likeness (QED) is 0.218.